The summed E-state index contributed by atoms with van der Waals surface area (Å²) >= 11 is 6.15. The Kier molecular flexibility index (Phi) is 3.27. The summed E-state index contributed by atoms with van der Waals surface area (Å²) in [6.07, 6.45) is 4.16. The highest BCUT2D eigenvalue weighted by Gasteiger charge is 2.11. The van der Waals surface area contributed by atoms with Crippen molar-refractivity contribution in [3.05, 3.63) is 52.6 Å². The van der Waals surface area contributed by atoms with Gasteiger partial charge in [0.05, 0.1) is 6.04 Å². The lowest BCUT2D eigenvalue weighted by Crippen LogP contribution is -2.15. The highest BCUT2D eigenvalue weighted by molar-refractivity contribution is 6.31. The monoisotopic (exact) mass is 235 g/mol. The fourth-order valence-corrected chi connectivity index (χ4v) is 1.94. The Hall–Kier alpha value is -1.32. The number of imidazole rings is 1. The molecule has 16 heavy (non-hydrogen) atoms. The molecule has 0 aliphatic carbocycles. The third-order valence-corrected chi connectivity index (χ3v) is 2.87. The van der Waals surface area contributed by atoms with Crippen LogP contribution in [0.5, 0.6) is 0 Å². The molecule has 2 aromatic rings. The Balaban J connectivity index is 2.15. The van der Waals surface area contributed by atoms with E-state index >= 15 is 0 Å². The SMILES string of the molecule is Cc1ccc(CC(N)c2ncc[nH]2)c(Cl)c1. The molecule has 1 aromatic heterocycles. The van der Waals surface area contributed by atoms with Gasteiger partial charge in [-0.1, -0.05) is 23.7 Å². The lowest BCUT2D eigenvalue weighted by atomic mass is 10.0. The first kappa shape index (κ1) is 11.2. The molecule has 1 atom stereocenters. The summed E-state index contributed by atoms with van der Waals surface area (Å²) in [4.78, 5) is 7.14. The van der Waals surface area contributed by atoms with Crippen LogP contribution in [0.15, 0.2) is 30.6 Å². The van der Waals surface area contributed by atoms with Crippen molar-refractivity contribution in [3.63, 3.8) is 0 Å². The summed E-state index contributed by atoms with van der Waals surface area (Å²) in [6.45, 7) is 2.02. The Bertz CT molecular complexity index is 465. The van der Waals surface area contributed by atoms with Crippen LogP contribution >= 0.6 is 11.6 Å². The predicted octanol–water partition coefficient (Wildman–Crippen LogP) is 2.61. The van der Waals surface area contributed by atoms with Crippen LogP contribution < -0.4 is 5.73 Å². The van der Waals surface area contributed by atoms with E-state index in [1.54, 1.807) is 12.4 Å². The summed E-state index contributed by atoms with van der Waals surface area (Å²) < 4.78 is 0. The minimum Gasteiger partial charge on any atom is -0.347 e. The molecule has 0 saturated carbocycles. The van der Waals surface area contributed by atoms with Crippen molar-refractivity contribution in [1.82, 2.24) is 9.97 Å². The highest BCUT2D eigenvalue weighted by atomic mass is 35.5. The minimum atomic E-state index is -0.143. The van der Waals surface area contributed by atoms with Gasteiger partial charge in [0, 0.05) is 17.4 Å². The number of nitrogens with two attached hydrogens (primary N) is 1. The van der Waals surface area contributed by atoms with E-state index in [0.29, 0.717) is 6.42 Å². The second-order valence-corrected chi connectivity index (χ2v) is 4.29. The van der Waals surface area contributed by atoms with Crippen LogP contribution in [-0.4, -0.2) is 9.97 Å². The van der Waals surface area contributed by atoms with Crippen molar-refractivity contribution in [2.45, 2.75) is 19.4 Å². The van der Waals surface area contributed by atoms with Crippen LogP contribution in [0.1, 0.15) is 23.0 Å². The van der Waals surface area contributed by atoms with Crippen molar-refractivity contribution in [1.29, 1.82) is 0 Å². The maximum absolute atomic E-state index is 6.15. The molecule has 0 radical (unpaired) electrons. The van der Waals surface area contributed by atoms with Crippen LogP contribution in [0.4, 0.5) is 0 Å². The normalized spacial score (nSPS) is 12.7. The molecule has 3 nitrogen and oxygen atoms in total. The van der Waals surface area contributed by atoms with Crippen molar-refractivity contribution in [2.24, 2.45) is 5.73 Å². The largest absolute Gasteiger partial charge is 0.347 e. The van der Waals surface area contributed by atoms with E-state index in [2.05, 4.69) is 9.97 Å². The van der Waals surface area contributed by atoms with Gasteiger partial charge in [-0.15, -0.1) is 0 Å². The van der Waals surface area contributed by atoms with Gasteiger partial charge in [-0.3, -0.25) is 0 Å². The van der Waals surface area contributed by atoms with E-state index in [0.717, 1.165) is 22.0 Å². The van der Waals surface area contributed by atoms with Gasteiger partial charge in [-0.05, 0) is 30.5 Å². The Morgan fingerprint density at radius 2 is 2.31 bits per heavy atom. The summed E-state index contributed by atoms with van der Waals surface area (Å²) in [5.41, 5.74) is 8.23. The zero-order valence-electron chi connectivity index (χ0n) is 9.07. The molecule has 0 spiro atoms. The Labute approximate surface area is 99.7 Å². The van der Waals surface area contributed by atoms with Crippen molar-refractivity contribution in [3.8, 4) is 0 Å². The van der Waals surface area contributed by atoms with Crippen LogP contribution in [0, 0.1) is 6.92 Å². The summed E-state index contributed by atoms with van der Waals surface area (Å²) in [7, 11) is 0. The number of aromatic amines is 1. The molecule has 0 saturated heterocycles. The van der Waals surface area contributed by atoms with Crippen LogP contribution in [-0.2, 0) is 6.42 Å². The van der Waals surface area contributed by atoms with Crippen LogP contribution in [0.2, 0.25) is 5.02 Å². The smallest absolute Gasteiger partial charge is 0.123 e. The number of aromatic nitrogens is 2. The van der Waals surface area contributed by atoms with E-state index in [1.807, 2.05) is 25.1 Å². The van der Waals surface area contributed by atoms with Gasteiger partial charge in [0.15, 0.2) is 0 Å². The number of nitrogens with zero attached hydrogens (tertiary/aromatic N) is 1. The molecule has 1 unspecified atom stereocenters. The molecule has 0 amide bonds. The first-order valence-electron chi connectivity index (χ1n) is 5.16. The summed E-state index contributed by atoms with van der Waals surface area (Å²) in [6, 6.07) is 5.86. The van der Waals surface area contributed by atoms with Gasteiger partial charge in [-0.25, -0.2) is 4.98 Å². The van der Waals surface area contributed by atoms with Gasteiger partial charge in [0.25, 0.3) is 0 Å². The maximum Gasteiger partial charge on any atom is 0.123 e. The van der Waals surface area contributed by atoms with Gasteiger partial charge < -0.3 is 10.7 Å². The summed E-state index contributed by atoms with van der Waals surface area (Å²) in [5, 5.41) is 0.766. The second kappa shape index (κ2) is 4.68. The van der Waals surface area contributed by atoms with Gasteiger partial charge in [-0.2, -0.15) is 0 Å². The first-order valence-corrected chi connectivity index (χ1v) is 5.54. The molecular formula is C12H14ClN3. The van der Waals surface area contributed by atoms with Crippen LogP contribution in [0.25, 0.3) is 0 Å². The quantitative estimate of drug-likeness (QED) is 0.859. The third-order valence-electron chi connectivity index (χ3n) is 2.52. The number of H-pyrrole nitrogens is 1. The van der Waals surface area contributed by atoms with Gasteiger partial charge in [0.1, 0.15) is 5.82 Å². The van der Waals surface area contributed by atoms with Crippen molar-refractivity contribution < 1.29 is 0 Å². The lowest BCUT2D eigenvalue weighted by molar-refractivity contribution is 0.677. The molecule has 84 valence electrons. The zero-order chi connectivity index (χ0) is 11.5. The fourth-order valence-electron chi connectivity index (χ4n) is 1.63. The fraction of sp³-hybridized carbons (Fsp3) is 0.250. The molecule has 3 N–H and O–H groups in total. The van der Waals surface area contributed by atoms with E-state index in [1.165, 1.54) is 0 Å². The number of rotatable bonds is 3. The maximum atomic E-state index is 6.15. The summed E-state index contributed by atoms with van der Waals surface area (Å²) in [5.74, 6) is 0.789. The predicted molar refractivity (Wildman–Crippen MR) is 65.4 cm³/mol. The van der Waals surface area contributed by atoms with E-state index < -0.39 is 0 Å². The molecule has 0 fully saturated rings. The standard InChI is InChI=1S/C12H14ClN3/c1-8-2-3-9(10(13)6-8)7-11(14)12-15-4-5-16-12/h2-6,11H,7,14H2,1H3,(H,15,16). The number of hydrogen-bond acceptors (Lipinski definition) is 2. The molecular weight excluding hydrogens is 222 g/mol. The number of halogens is 1. The van der Waals surface area contributed by atoms with Crippen molar-refractivity contribution >= 4 is 11.6 Å². The highest BCUT2D eigenvalue weighted by Crippen LogP contribution is 2.21. The molecule has 0 aliphatic rings. The molecule has 0 aliphatic heterocycles. The van der Waals surface area contributed by atoms with Gasteiger partial charge in [0.2, 0.25) is 0 Å². The lowest BCUT2D eigenvalue weighted by Gasteiger charge is -2.10. The minimum absolute atomic E-state index is 0.143. The van der Waals surface area contributed by atoms with E-state index in [4.69, 9.17) is 17.3 Å². The number of benzene rings is 1. The Morgan fingerprint density at radius 1 is 1.50 bits per heavy atom. The van der Waals surface area contributed by atoms with Gasteiger partial charge >= 0.3 is 0 Å². The number of aryl methyl sites for hydroxylation is 1. The molecule has 1 aromatic carbocycles. The van der Waals surface area contributed by atoms with E-state index in [-0.39, 0.29) is 6.04 Å². The second-order valence-electron chi connectivity index (χ2n) is 3.88. The van der Waals surface area contributed by atoms with Crippen LogP contribution in [0.3, 0.4) is 0 Å². The molecule has 1 heterocycles. The number of nitrogens with one attached hydrogen (secondary N) is 1. The third kappa shape index (κ3) is 2.43. The average Bonchev–Trinajstić information content (AvgIpc) is 2.75. The molecule has 2 rings (SSSR count). The zero-order valence-corrected chi connectivity index (χ0v) is 9.83. The number of hydrogen-bond donors (Lipinski definition) is 2. The van der Waals surface area contributed by atoms with Crippen molar-refractivity contribution in [2.75, 3.05) is 0 Å². The first-order chi connectivity index (χ1) is 7.66. The Morgan fingerprint density at radius 3 is 2.94 bits per heavy atom. The average molecular weight is 236 g/mol. The molecule has 4 heteroatoms. The van der Waals surface area contributed by atoms with E-state index in [9.17, 15) is 0 Å². The topological polar surface area (TPSA) is 54.7 Å². The molecule has 0 bridgehead atoms.